The average Bonchev–Trinajstić information content (AvgIpc) is 2.57. The van der Waals surface area contributed by atoms with E-state index in [0.717, 1.165) is 6.20 Å². The van der Waals surface area contributed by atoms with Crippen molar-refractivity contribution >= 4 is 22.7 Å². The van der Waals surface area contributed by atoms with Gasteiger partial charge in [-0.15, -0.1) is 0 Å². The molecule has 0 unspecified atom stereocenters. The maximum absolute atomic E-state index is 12.8. The number of hydrogen-bond donors (Lipinski definition) is 0. The van der Waals surface area contributed by atoms with Gasteiger partial charge in [0.25, 0.3) is 0 Å². The van der Waals surface area contributed by atoms with Crippen LogP contribution in [0.5, 0.6) is 0 Å². The number of hydrogen-bond acceptors (Lipinski definition) is 2. The van der Waals surface area contributed by atoms with Crippen molar-refractivity contribution in [3.8, 4) is 0 Å². The lowest BCUT2D eigenvalue weighted by Gasteiger charge is -1.92. The van der Waals surface area contributed by atoms with Crippen molar-refractivity contribution in [1.82, 2.24) is 4.98 Å². The number of furan rings is 1. The second-order valence-corrected chi connectivity index (χ2v) is 2.87. The van der Waals surface area contributed by atoms with Gasteiger partial charge in [-0.3, -0.25) is 0 Å². The molecule has 0 saturated heterocycles. The zero-order valence-corrected chi connectivity index (χ0v) is 9.02. The molecule has 0 amide bonds. The SMILES string of the molecule is CC.Cc1cc2ncc(F)c(Cl)c2o1. The summed E-state index contributed by atoms with van der Waals surface area (Å²) in [5, 5.41) is -0.00639. The quantitative estimate of drug-likeness (QED) is 0.665. The highest BCUT2D eigenvalue weighted by Gasteiger charge is 2.10. The Balaban J connectivity index is 0.000000461. The first-order chi connectivity index (χ1) is 6.68. The molecule has 0 atom stereocenters. The molecule has 0 fully saturated rings. The molecule has 0 aliphatic carbocycles. The van der Waals surface area contributed by atoms with Crippen LogP contribution in [0.1, 0.15) is 19.6 Å². The van der Waals surface area contributed by atoms with Crippen LogP contribution in [-0.2, 0) is 0 Å². The van der Waals surface area contributed by atoms with Crippen molar-refractivity contribution in [2.75, 3.05) is 0 Å². The third-order valence-electron chi connectivity index (χ3n) is 1.56. The van der Waals surface area contributed by atoms with E-state index in [2.05, 4.69) is 4.98 Å². The Bertz CT molecular complexity index is 439. The van der Waals surface area contributed by atoms with E-state index in [4.69, 9.17) is 16.0 Å². The van der Waals surface area contributed by atoms with Gasteiger partial charge in [-0.2, -0.15) is 0 Å². The minimum atomic E-state index is -0.557. The summed E-state index contributed by atoms with van der Waals surface area (Å²) < 4.78 is 17.9. The van der Waals surface area contributed by atoms with E-state index in [1.165, 1.54) is 0 Å². The smallest absolute Gasteiger partial charge is 0.174 e. The Morgan fingerprint density at radius 3 is 2.71 bits per heavy atom. The van der Waals surface area contributed by atoms with Crippen LogP contribution in [0.3, 0.4) is 0 Å². The maximum atomic E-state index is 12.8. The van der Waals surface area contributed by atoms with Crippen LogP contribution in [0.2, 0.25) is 5.02 Å². The molecule has 0 bridgehead atoms. The lowest BCUT2D eigenvalue weighted by atomic mass is 10.4. The molecule has 14 heavy (non-hydrogen) atoms. The monoisotopic (exact) mass is 215 g/mol. The van der Waals surface area contributed by atoms with Gasteiger partial charge in [0, 0.05) is 6.07 Å². The summed E-state index contributed by atoms with van der Waals surface area (Å²) in [6, 6.07) is 1.71. The fourth-order valence-electron chi connectivity index (χ4n) is 1.05. The summed E-state index contributed by atoms with van der Waals surface area (Å²) in [5.41, 5.74) is 0.896. The Labute approximate surface area is 86.7 Å². The molecule has 0 spiro atoms. The minimum Gasteiger partial charge on any atom is -0.458 e. The molecule has 0 N–H and O–H groups in total. The number of aromatic nitrogens is 1. The van der Waals surface area contributed by atoms with E-state index in [-0.39, 0.29) is 5.02 Å². The van der Waals surface area contributed by atoms with E-state index in [1.54, 1.807) is 13.0 Å². The minimum absolute atomic E-state index is 0.00639. The van der Waals surface area contributed by atoms with Gasteiger partial charge in [-0.05, 0) is 6.92 Å². The molecule has 2 nitrogen and oxygen atoms in total. The molecule has 2 aromatic rings. The number of rotatable bonds is 0. The van der Waals surface area contributed by atoms with Gasteiger partial charge in [0.1, 0.15) is 16.3 Å². The summed E-state index contributed by atoms with van der Waals surface area (Å²) in [6.07, 6.45) is 1.08. The Hall–Kier alpha value is -1.09. The first kappa shape index (κ1) is 11.0. The van der Waals surface area contributed by atoms with Crippen LogP contribution in [-0.4, -0.2) is 4.98 Å². The Kier molecular flexibility index (Phi) is 3.47. The highest BCUT2D eigenvalue weighted by atomic mass is 35.5. The van der Waals surface area contributed by atoms with Crippen molar-refractivity contribution in [1.29, 1.82) is 0 Å². The van der Waals surface area contributed by atoms with Gasteiger partial charge in [-0.25, -0.2) is 9.37 Å². The molecule has 2 heterocycles. The van der Waals surface area contributed by atoms with Crippen LogP contribution in [0.15, 0.2) is 16.7 Å². The predicted molar refractivity (Wildman–Crippen MR) is 55.1 cm³/mol. The van der Waals surface area contributed by atoms with Gasteiger partial charge in [0.05, 0.1) is 6.20 Å². The summed E-state index contributed by atoms with van der Waals surface area (Å²) in [5.74, 6) is 0.114. The first-order valence-corrected chi connectivity index (χ1v) is 4.76. The second kappa shape index (κ2) is 4.42. The molecule has 76 valence electrons. The number of aryl methyl sites for hydroxylation is 1. The Morgan fingerprint density at radius 2 is 2.07 bits per heavy atom. The highest BCUT2D eigenvalue weighted by Crippen LogP contribution is 2.26. The Morgan fingerprint density at radius 1 is 1.43 bits per heavy atom. The molecule has 2 rings (SSSR count). The summed E-state index contributed by atoms with van der Waals surface area (Å²) in [6.45, 7) is 5.76. The van der Waals surface area contributed by atoms with E-state index < -0.39 is 5.82 Å². The lowest BCUT2D eigenvalue weighted by Crippen LogP contribution is -1.79. The fourth-order valence-corrected chi connectivity index (χ4v) is 1.23. The highest BCUT2D eigenvalue weighted by molar-refractivity contribution is 6.34. The van der Waals surface area contributed by atoms with Crippen LogP contribution in [0, 0.1) is 12.7 Å². The summed E-state index contributed by atoms with van der Waals surface area (Å²) >= 11 is 5.63. The van der Waals surface area contributed by atoms with Crippen LogP contribution >= 0.6 is 11.6 Å². The van der Waals surface area contributed by atoms with Gasteiger partial charge >= 0.3 is 0 Å². The van der Waals surface area contributed by atoms with Gasteiger partial charge < -0.3 is 4.42 Å². The molecule has 2 aromatic heterocycles. The number of nitrogens with zero attached hydrogens (tertiary/aromatic N) is 1. The van der Waals surface area contributed by atoms with E-state index in [1.807, 2.05) is 13.8 Å². The molecule has 0 aromatic carbocycles. The van der Waals surface area contributed by atoms with E-state index in [9.17, 15) is 4.39 Å². The number of pyridine rings is 1. The molecule has 0 radical (unpaired) electrons. The molecule has 0 saturated carbocycles. The lowest BCUT2D eigenvalue weighted by molar-refractivity contribution is 0.569. The molecular weight excluding hydrogens is 205 g/mol. The van der Waals surface area contributed by atoms with Crippen molar-refractivity contribution in [3.63, 3.8) is 0 Å². The van der Waals surface area contributed by atoms with Gasteiger partial charge in [-0.1, -0.05) is 25.4 Å². The van der Waals surface area contributed by atoms with Crippen molar-refractivity contribution in [3.05, 3.63) is 28.9 Å². The normalized spacial score (nSPS) is 9.79. The van der Waals surface area contributed by atoms with Crippen molar-refractivity contribution < 1.29 is 8.81 Å². The number of fused-ring (bicyclic) bond motifs is 1. The topological polar surface area (TPSA) is 26.0 Å². The zero-order chi connectivity index (χ0) is 10.7. The average molecular weight is 216 g/mol. The fraction of sp³-hybridized carbons (Fsp3) is 0.300. The molecule has 4 heteroatoms. The maximum Gasteiger partial charge on any atom is 0.174 e. The van der Waals surface area contributed by atoms with Crippen LogP contribution in [0.4, 0.5) is 4.39 Å². The van der Waals surface area contributed by atoms with Crippen molar-refractivity contribution in [2.24, 2.45) is 0 Å². The predicted octanol–water partition coefficient (Wildman–Crippen LogP) is 3.95. The zero-order valence-electron chi connectivity index (χ0n) is 8.27. The van der Waals surface area contributed by atoms with Crippen molar-refractivity contribution in [2.45, 2.75) is 20.8 Å². The third kappa shape index (κ3) is 1.87. The van der Waals surface area contributed by atoms with E-state index >= 15 is 0 Å². The standard InChI is InChI=1S/C8H5ClFNO.C2H6/c1-4-2-6-8(12-4)7(9)5(10)3-11-6;1-2/h2-3H,1H3;1-2H3. The number of halogens is 2. The largest absolute Gasteiger partial charge is 0.458 e. The van der Waals surface area contributed by atoms with Gasteiger partial charge in [0.15, 0.2) is 11.4 Å². The summed E-state index contributed by atoms with van der Waals surface area (Å²) in [7, 11) is 0. The molecule has 0 aliphatic heterocycles. The van der Waals surface area contributed by atoms with Crippen LogP contribution in [0.25, 0.3) is 11.1 Å². The first-order valence-electron chi connectivity index (χ1n) is 4.38. The van der Waals surface area contributed by atoms with E-state index in [0.29, 0.717) is 16.9 Å². The second-order valence-electron chi connectivity index (χ2n) is 2.49. The van der Waals surface area contributed by atoms with Crippen LogP contribution < -0.4 is 0 Å². The summed E-state index contributed by atoms with van der Waals surface area (Å²) in [4.78, 5) is 3.81. The molecule has 0 aliphatic rings. The third-order valence-corrected chi connectivity index (χ3v) is 1.91. The van der Waals surface area contributed by atoms with Gasteiger partial charge in [0.2, 0.25) is 0 Å². The molecular formula is C10H11ClFNO.